The molecule has 1 aliphatic heterocycles. The predicted molar refractivity (Wildman–Crippen MR) is 95.1 cm³/mol. The molecule has 5 heteroatoms. The summed E-state index contributed by atoms with van der Waals surface area (Å²) in [6, 6.07) is 7.63. The Morgan fingerprint density at radius 2 is 2.12 bits per heavy atom. The molecule has 1 aliphatic rings. The Kier molecular flexibility index (Phi) is 6.49. The van der Waals surface area contributed by atoms with E-state index in [4.69, 9.17) is 9.84 Å². The topological polar surface area (TPSA) is 70.6 Å². The van der Waals surface area contributed by atoms with Crippen molar-refractivity contribution < 1.29 is 14.6 Å². The number of nitrogens with one attached hydrogen (secondary N) is 2. The molecule has 0 radical (unpaired) electrons. The molecule has 3 N–H and O–H groups in total. The lowest BCUT2D eigenvalue weighted by Crippen LogP contribution is -2.45. The number of carbonyl (C=O) groups is 1. The van der Waals surface area contributed by atoms with Gasteiger partial charge in [-0.05, 0) is 38.7 Å². The monoisotopic (exact) mass is 334 g/mol. The van der Waals surface area contributed by atoms with Crippen LogP contribution >= 0.6 is 0 Å². The van der Waals surface area contributed by atoms with Gasteiger partial charge in [-0.15, -0.1) is 0 Å². The highest BCUT2D eigenvalue weighted by Crippen LogP contribution is 2.39. The number of aliphatic hydroxyl groups is 1. The van der Waals surface area contributed by atoms with Crippen molar-refractivity contribution in [1.82, 2.24) is 10.6 Å². The number of urea groups is 1. The smallest absolute Gasteiger partial charge is 0.315 e. The Hall–Kier alpha value is -1.75. The Morgan fingerprint density at radius 3 is 2.83 bits per heavy atom. The van der Waals surface area contributed by atoms with Crippen LogP contribution in [0.15, 0.2) is 24.3 Å². The number of rotatable bonds is 7. The van der Waals surface area contributed by atoms with E-state index in [1.807, 2.05) is 38.1 Å². The highest BCUT2D eigenvalue weighted by Gasteiger charge is 2.34. The van der Waals surface area contributed by atoms with E-state index in [2.05, 4.69) is 17.6 Å². The quantitative estimate of drug-likeness (QED) is 0.716. The van der Waals surface area contributed by atoms with Crippen LogP contribution in [-0.4, -0.2) is 29.9 Å². The molecule has 0 aliphatic carbocycles. The van der Waals surface area contributed by atoms with E-state index in [0.717, 1.165) is 37.0 Å². The number of fused-ring (bicyclic) bond motifs is 1. The van der Waals surface area contributed by atoms with Crippen LogP contribution in [0.3, 0.4) is 0 Å². The summed E-state index contributed by atoms with van der Waals surface area (Å²) in [5.74, 6) is 1.16. The van der Waals surface area contributed by atoms with Crippen molar-refractivity contribution in [3.63, 3.8) is 0 Å². The Morgan fingerprint density at radius 1 is 1.38 bits per heavy atom. The first kappa shape index (κ1) is 18.6. The minimum atomic E-state index is -0.312. The van der Waals surface area contributed by atoms with E-state index >= 15 is 0 Å². The summed E-state index contributed by atoms with van der Waals surface area (Å²) >= 11 is 0. The zero-order valence-corrected chi connectivity index (χ0v) is 15.0. The number of benzene rings is 1. The number of carbonyl (C=O) groups excluding carboxylic acids is 1. The number of para-hydroxylation sites is 1. The third-order valence-electron chi connectivity index (χ3n) is 4.47. The van der Waals surface area contributed by atoms with Crippen LogP contribution in [0, 0.1) is 5.92 Å². The van der Waals surface area contributed by atoms with Gasteiger partial charge in [-0.3, -0.25) is 0 Å². The highest BCUT2D eigenvalue weighted by atomic mass is 16.5. The summed E-state index contributed by atoms with van der Waals surface area (Å²) in [6.45, 7) is 6.94. The van der Waals surface area contributed by atoms with Crippen LogP contribution in [0.2, 0.25) is 0 Å². The first-order valence-corrected chi connectivity index (χ1v) is 8.88. The number of amides is 2. The molecular weight excluding hydrogens is 304 g/mol. The molecule has 0 saturated heterocycles. The van der Waals surface area contributed by atoms with Crippen molar-refractivity contribution in [2.45, 2.75) is 58.1 Å². The molecule has 134 valence electrons. The van der Waals surface area contributed by atoms with Crippen molar-refractivity contribution in [3.8, 4) is 5.75 Å². The van der Waals surface area contributed by atoms with Gasteiger partial charge >= 0.3 is 6.03 Å². The average Bonchev–Trinajstić information content (AvgIpc) is 2.52. The molecule has 5 nitrogen and oxygen atoms in total. The maximum atomic E-state index is 12.3. The summed E-state index contributed by atoms with van der Waals surface area (Å²) < 4.78 is 5.99. The molecular formula is C19H30N2O3. The molecule has 2 amide bonds. The van der Waals surface area contributed by atoms with E-state index in [0.29, 0.717) is 12.5 Å². The summed E-state index contributed by atoms with van der Waals surface area (Å²) in [5, 5.41) is 15.1. The lowest BCUT2D eigenvalue weighted by molar-refractivity contribution is 0.0678. The second-order valence-electron chi connectivity index (χ2n) is 7.18. The van der Waals surface area contributed by atoms with Gasteiger partial charge in [-0.2, -0.15) is 0 Å². The SMILES string of the molecule is CCCC(CCO)CNC(=O)NC1CC(C)(C)Oc2ccccc21. The molecule has 0 bridgehead atoms. The van der Waals surface area contributed by atoms with Crippen molar-refractivity contribution in [2.24, 2.45) is 5.92 Å². The van der Waals surface area contributed by atoms with Crippen LogP contribution in [0.5, 0.6) is 5.75 Å². The van der Waals surface area contributed by atoms with E-state index in [9.17, 15) is 4.79 Å². The van der Waals surface area contributed by atoms with Crippen LogP contribution in [0.25, 0.3) is 0 Å². The number of ether oxygens (including phenoxy) is 1. The number of hydrogen-bond donors (Lipinski definition) is 3. The highest BCUT2D eigenvalue weighted by molar-refractivity contribution is 5.74. The maximum absolute atomic E-state index is 12.3. The standard InChI is InChI=1S/C19H30N2O3/c1-4-7-14(10-11-22)13-20-18(23)21-16-12-19(2,3)24-17-9-6-5-8-15(16)17/h5-6,8-9,14,16,22H,4,7,10-13H2,1-3H3,(H2,20,21,23). The van der Waals surface area contributed by atoms with Crippen molar-refractivity contribution in [2.75, 3.05) is 13.2 Å². The van der Waals surface area contributed by atoms with Crippen molar-refractivity contribution in [1.29, 1.82) is 0 Å². The summed E-state index contributed by atoms with van der Waals surface area (Å²) in [5.41, 5.74) is 0.709. The van der Waals surface area contributed by atoms with Gasteiger partial charge in [0.2, 0.25) is 0 Å². The average molecular weight is 334 g/mol. The fourth-order valence-corrected chi connectivity index (χ4v) is 3.32. The Bertz CT molecular complexity index is 539. The van der Waals surface area contributed by atoms with Gasteiger partial charge < -0.3 is 20.5 Å². The third kappa shape index (κ3) is 5.13. The molecule has 24 heavy (non-hydrogen) atoms. The lowest BCUT2D eigenvalue weighted by atomic mass is 9.90. The Labute approximate surface area is 144 Å². The molecule has 0 saturated carbocycles. The largest absolute Gasteiger partial charge is 0.487 e. The van der Waals surface area contributed by atoms with Crippen LogP contribution < -0.4 is 15.4 Å². The van der Waals surface area contributed by atoms with Crippen LogP contribution in [0.1, 0.15) is 58.1 Å². The molecule has 2 rings (SSSR count). The van der Waals surface area contributed by atoms with Crippen molar-refractivity contribution in [3.05, 3.63) is 29.8 Å². The zero-order chi connectivity index (χ0) is 17.6. The van der Waals surface area contributed by atoms with E-state index in [1.165, 1.54) is 0 Å². The van der Waals surface area contributed by atoms with Gasteiger partial charge in [0, 0.05) is 25.1 Å². The molecule has 0 fully saturated rings. The van der Waals surface area contributed by atoms with Gasteiger partial charge in [0.15, 0.2) is 0 Å². The van der Waals surface area contributed by atoms with Gasteiger partial charge in [-0.1, -0.05) is 31.5 Å². The predicted octanol–water partition coefficient (Wildman–Crippen LogP) is 3.39. The maximum Gasteiger partial charge on any atom is 0.315 e. The fourth-order valence-electron chi connectivity index (χ4n) is 3.32. The number of aliphatic hydroxyl groups excluding tert-OH is 1. The molecule has 2 unspecified atom stereocenters. The van der Waals surface area contributed by atoms with Gasteiger partial charge in [-0.25, -0.2) is 4.79 Å². The second kappa shape index (κ2) is 8.38. The molecule has 1 aromatic carbocycles. The minimum Gasteiger partial charge on any atom is -0.487 e. The van der Waals surface area contributed by atoms with E-state index in [1.54, 1.807) is 0 Å². The normalized spacial score (nSPS) is 19.8. The molecule has 1 aromatic rings. The van der Waals surface area contributed by atoms with Gasteiger partial charge in [0.05, 0.1) is 6.04 Å². The molecule has 0 aromatic heterocycles. The zero-order valence-electron chi connectivity index (χ0n) is 15.0. The Balaban J connectivity index is 1.96. The van der Waals surface area contributed by atoms with Crippen molar-refractivity contribution >= 4 is 6.03 Å². The molecule has 0 spiro atoms. The summed E-state index contributed by atoms with van der Waals surface area (Å²) in [4.78, 5) is 12.3. The van der Waals surface area contributed by atoms with E-state index < -0.39 is 0 Å². The fraction of sp³-hybridized carbons (Fsp3) is 0.632. The number of hydrogen-bond acceptors (Lipinski definition) is 3. The first-order valence-electron chi connectivity index (χ1n) is 8.88. The summed E-state index contributed by atoms with van der Waals surface area (Å²) in [6.07, 6.45) is 3.51. The molecule has 2 atom stereocenters. The third-order valence-corrected chi connectivity index (χ3v) is 4.47. The first-order chi connectivity index (χ1) is 11.4. The molecule has 1 heterocycles. The van der Waals surface area contributed by atoms with E-state index in [-0.39, 0.29) is 24.3 Å². The van der Waals surface area contributed by atoms with Gasteiger partial charge in [0.25, 0.3) is 0 Å². The summed E-state index contributed by atoms with van der Waals surface area (Å²) in [7, 11) is 0. The lowest BCUT2D eigenvalue weighted by Gasteiger charge is -2.37. The van der Waals surface area contributed by atoms with Gasteiger partial charge in [0.1, 0.15) is 11.4 Å². The van der Waals surface area contributed by atoms with Crippen LogP contribution in [-0.2, 0) is 0 Å². The second-order valence-corrected chi connectivity index (χ2v) is 7.18. The minimum absolute atomic E-state index is 0.0626. The van der Waals surface area contributed by atoms with Crippen LogP contribution in [0.4, 0.5) is 4.79 Å².